The SMILES string of the molecule is Cc1c(Br)cccc1C(=O)C(C#N)c1ccc(F)cc1Cl. The summed E-state index contributed by atoms with van der Waals surface area (Å²) in [6, 6.07) is 10.8. The highest BCUT2D eigenvalue weighted by Gasteiger charge is 2.25. The van der Waals surface area contributed by atoms with Crippen molar-refractivity contribution in [2.45, 2.75) is 12.8 Å². The molecule has 0 aliphatic carbocycles. The van der Waals surface area contributed by atoms with Crippen molar-refractivity contribution in [1.82, 2.24) is 0 Å². The second-order valence-corrected chi connectivity index (χ2v) is 5.77. The number of benzene rings is 2. The molecule has 0 saturated carbocycles. The van der Waals surface area contributed by atoms with Crippen LogP contribution >= 0.6 is 27.5 Å². The van der Waals surface area contributed by atoms with Gasteiger partial charge in [-0.1, -0.05) is 45.7 Å². The molecular formula is C16H10BrClFNO. The van der Waals surface area contributed by atoms with E-state index in [0.29, 0.717) is 11.1 Å². The second kappa shape index (κ2) is 6.38. The Bertz CT molecular complexity index is 754. The Balaban J connectivity index is 2.49. The third kappa shape index (κ3) is 3.15. The molecule has 0 saturated heterocycles. The Kier molecular flexibility index (Phi) is 4.76. The summed E-state index contributed by atoms with van der Waals surface area (Å²) < 4.78 is 13.9. The van der Waals surface area contributed by atoms with Crippen LogP contribution in [0.15, 0.2) is 40.9 Å². The summed E-state index contributed by atoms with van der Waals surface area (Å²) in [4.78, 5) is 12.6. The van der Waals surface area contributed by atoms with Crippen LogP contribution in [0.5, 0.6) is 0 Å². The monoisotopic (exact) mass is 365 g/mol. The van der Waals surface area contributed by atoms with Crippen molar-refractivity contribution in [2.75, 3.05) is 0 Å². The van der Waals surface area contributed by atoms with Gasteiger partial charge in [-0.2, -0.15) is 5.26 Å². The van der Waals surface area contributed by atoms with Crippen molar-refractivity contribution in [1.29, 1.82) is 5.26 Å². The molecule has 106 valence electrons. The van der Waals surface area contributed by atoms with Gasteiger partial charge < -0.3 is 0 Å². The van der Waals surface area contributed by atoms with Crippen molar-refractivity contribution in [3.8, 4) is 6.07 Å². The number of ketones is 1. The minimum atomic E-state index is -1.06. The molecule has 21 heavy (non-hydrogen) atoms. The number of halogens is 3. The zero-order valence-corrected chi connectivity index (χ0v) is 13.4. The molecule has 2 aromatic rings. The molecule has 1 unspecified atom stereocenters. The van der Waals surface area contributed by atoms with Gasteiger partial charge >= 0.3 is 0 Å². The summed E-state index contributed by atoms with van der Waals surface area (Å²) in [5.74, 6) is -1.93. The molecule has 0 bridgehead atoms. The van der Waals surface area contributed by atoms with Crippen molar-refractivity contribution < 1.29 is 9.18 Å². The molecule has 2 aromatic carbocycles. The fraction of sp³-hybridized carbons (Fsp3) is 0.125. The molecule has 0 fully saturated rings. The van der Waals surface area contributed by atoms with Crippen LogP contribution < -0.4 is 0 Å². The molecule has 0 aliphatic heterocycles. The largest absolute Gasteiger partial charge is 0.292 e. The van der Waals surface area contributed by atoms with E-state index < -0.39 is 11.7 Å². The molecule has 0 amide bonds. The summed E-state index contributed by atoms with van der Waals surface area (Å²) in [6.07, 6.45) is 0. The first kappa shape index (κ1) is 15.7. The number of hydrogen-bond donors (Lipinski definition) is 0. The molecule has 1 atom stereocenters. The summed E-state index contributed by atoms with van der Waals surface area (Å²) in [5, 5.41) is 9.40. The number of nitriles is 1. The first-order valence-electron chi connectivity index (χ1n) is 6.09. The Morgan fingerprint density at radius 3 is 2.71 bits per heavy atom. The first-order chi connectivity index (χ1) is 9.95. The quantitative estimate of drug-likeness (QED) is 0.714. The van der Waals surface area contributed by atoms with Gasteiger partial charge in [0.25, 0.3) is 0 Å². The third-order valence-corrected chi connectivity index (χ3v) is 4.38. The van der Waals surface area contributed by atoms with E-state index in [4.69, 9.17) is 11.6 Å². The van der Waals surface area contributed by atoms with Crippen molar-refractivity contribution in [2.24, 2.45) is 0 Å². The van der Waals surface area contributed by atoms with Crippen molar-refractivity contribution in [3.05, 3.63) is 68.4 Å². The Morgan fingerprint density at radius 1 is 1.38 bits per heavy atom. The number of carbonyl (C=O) groups excluding carboxylic acids is 1. The number of hydrogen-bond acceptors (Lipinski definition) is 2. The van der Waals surface area contributed by atoms with E-state index in [-0.39, 0.29) is 10.8 Å². The highest BCUT2D eigenvalue weighted by Crippen LogP contribution is 2.30. The molecule has 0 radical (unpaired) electrons. The average Bonchev–Trinajstić information content (AvgIpc) is 2.44. The summed E-state index contributed by atoms with van der Waals surface area (Å²) in [5.41, 5.74) is 1.50. The summed E-state index contributed by atoms with van der Waals surface area (Å²) in [7, 11) is 0. The van der Waals surface area contributed by atoms with E-state index >= 15 is 0 Å². The molecule has 0 heterocycles. The number of carbonyl (C=O) groups is 1. The van der Waals surface area contributed by atoms with Gasteiger partial charge in [0.1, 0.15) is 11.7 Å². The Hall–Kier alpha value is -1.70. The predicted molar refractivity (Wildman–Crippen MR) is 83.0 cm³/mol. The number of Topliss-reactive ketones (excluding diaryl/α,β-unsaturated/α-hetero) is 1. The molecule has 0 aromatic heterocycles. The van der Waals surface area contributed by atoms with Gasteiger partial charge in [-0.05, 0) is 36.2 Å². The van der Waals surface area contributed by atoms with Crippen LogP contribution in [0.25, 0.3) is 0 Å². The van der Waals surface area contributed by atoms with Gasteiger partial charge in [-0.15, -0.1) is 0 Å². The van der Waals surface area contributed by atoms with Crippen molar-refractivity contribution in [3.63, 3.8) is 0 Å². The van der Waals surface area contributed by atoms with Gasteiger partial charge in [-0.25, -0.2) is 4.39 Å². The highest BCUT2D eigenvalue weighted by atomic mass is 79.9. The van der Waals surface area contributed by atoms with Gasteiger partial charge in [0, 0.05) is 15.1 Å². The Morgan fingerprint density at radius 2 is 2.10 bits per heavy atom. The molecule has 0 N–H and O–H groups in total. The van der Waals surface area contributed by atoms with Crippen LogP contribution in [0.2, 0.25) is 5.02 Å². The first-order valence-corrected chi connectivity index (χ1v) is 7.26. The summed E-state index contributed by atoms with van der Waals surface area (Å²) in [6.45, 7) is 1.79. The minimum absolute atomic E-state index is 0.0718. The molecule has 0 spiro atoms. The van der Waals surface area contributed by atoms with Crippen LogP contribution in [0.1, 0.15) is 27.4 Å². The standard InChI is InChI=1S/C16H10BrClFNO/c1-9-11(3-2-4-14(9)17)16(21)13(8-20)12-6-5-10(19)7-15(12)18/h2-7,13H,1H3. The van der Waals surface area contributed by atoms with Crippen LogP contribution in [0, 0.1) is 24.1 Å². The van der Waals surface area contributed by atoms with E-state index in [2.05, 4.69) is 15.9 Å². The van der Waals surface area contributed by atoms with Gasteiger partial charge in [-0.3, -0.25) is 4.79 Å². The van der Waals surface area contributed by atoms with Gasteiger partial charge in [0.05, 0.1) is 6.07 Å². The van der Waals surface area contributed by atoms with E-state index in [1.54, 1.807) is 19.1 Å². The van der Waals surface area contributed by atoms with Gasteiger partial charge in [0.15, 0.2) is 5.78 Å². The smallest absolute Gasteiger partial charge is 0.184 e. The van der Waals surface area contributed by atoms with E-state index in [9.17, 15) is 14.4 Å². The maximum Gasteiger partial charge on any atom is 0.184 e. The maximum absolute atomic E-state index is 13.1. The zero-order valence-electron chi connectivity index (χ0n) is 11.0. The van der Waals surface area contributed by atoms with Crippen LogP contribution in [0.3, 0.4) is 0 Å². The van der Waals surface area contributed by atoms with E-state index in [1.807, 2.05) is 12.1 Å². The zero-order chi connectivity index (χ0) is 15.6. The lowest BCUT2D eigenvalue weighted by molar-refractivity contribution is 0.0978. The Labute approximate surface area is 135 Å². The fourth-order valence-corrected chi connectivity index (χ4v) is 2.68. The normalized spacial score (nSPS) is 11.8. The van der Waals surface area contributed by atoms with Crippen LogP contribution in [-0.4, -0.2) is 5.78 Å². The van der Waals surface area contributed by atoms with Crippen LogP contribution in [0.4, 0.5) is 4.39 Å². The molecule has 5 heteroatoms. The second-order valence-electron chi connectivity index (χ2n) is 4.50. The molecule has 2 rings (SSSR count). The van der Waals surface area contributed by atoms with Crippen LogP contribution in [-0.2, 0) is 0 Å². The molecule has 2 nitrogen and oxygen atoms in total. The lowest BCUT2D eigenvalue weighted by Gasteiger charge is -2.13. The molecular weight excluding hydrogens is 357 g/mol. The van der Waals surface area contributed by atoms with E-state index in [0.717, 1.165) is 16.1 Å². The third-order valence-electron chi connectivity index (χ3n) is 3.20. The predicted octanol–water partition coefficient (Wildman–Crippen LogP) is 5.04. The highest BCUT2D eigenvalue weighted by molar-refractivity contribution is 9.10. The lowest BCUT2D eigenvalue weighted by atomic mass is 9.90. The average molecular weight is 367 g/mol. The number of rotatable bonds is 3. The van der Waals surface area contributed by atoms with Crippen molar-refractivity contribution >= 4 is 33.3 Å². The topological polar surface area (TPSA) is 40.9 Å². The van der Waals surface area contributed by atoms with E-state index in [1.165, 1.54) is 12.1 Å². The fourth-order valence-electron chi connectivity index (χ4n) is 2.03. The molecule has 0 aliphatic rings. The summed E-state index contributed by atoms with van der Waals surface area (Å²) >= 11 is 9.31. The lowest BCUT2D eigenvalue weighted by Crippen LogP contribution is -2.13. The number of nitrogens with zero attached hydrogens (tertiary/aromatic N) is 1. The minimum Gasteiger partial charge on any atom is -0.292 e. The maximum atomic E-state index is 13.1. The van der Waals surface area contributed by atoms with Gasteiger partial charge in [0.2, 0.25) is 0 Å².